The third kappa shape index (κ3) is 3.29. The van der Waals surface area contributed by atoms with Crippen molar-refractivity contribution >= 4 is 5.91 Å². The summed E-state index contributed by atoms with van der Waals surface area (Å²) in [6, 6.07) is 6.29. The van der Waals surface area contributed by atoms with Crippen LogP contribution in [-0.2, 0) is 16.1 Å². The normalized spacial score (nSPS) is 20.9. The van der Waals surface area contributed by atoms with Crippen LogP contribution in [-0.4, -0.2) is 46.4 Å². The van der Waals surface area contributed by atoms with E-state index < -0.39 is 5.54 Å². The van der Waals surface area contributed by atoms with E-state index in [9.17, 15) is 9.18 Å². The Balaban J connectivity index is 1.87. The van der Waals surface area contributed by atoms with Gasteiger partial charge in [0.25, 0.3) is 0 Å². The molecule has 0 radical (unpaired) electrons. The molecule has 7 heteroatoms. The van der Waals surface area contributed by atoms with E-state index >= 15 is 0 Å². The highest BCUT2D eigenvalue weighted by molar-refractivity contribution is 5.85. The van der Waals surface area contributed by atoms with Crippen molar-refractivity contribution in [2.45, 2.75) is 31.8 Å². The average Bonchev–Trinajstić information content (AvgIpc) is 3.13. The topological polar surface area (TPSA) is 73.4 Å². The summed E-state index contributed by atoms with van der Waals surface area (Å²) in [7, 11) is 1.58. The monoisotopic (exact) mass is 346 g/mol. The Morgan fingerprint density at radius 2 is 2.28 bits per heavy atom. The fourth-order valence-electron chi connectivity index (χ4n) is 3.52. The first-order chi connectivity index (χ1) is 12.0. The molecule has 1 unspecified atom stereocenters. The van der Waals surface area contributed by atoms with E-state index in [1.165, 1.54) is 12.1 Å². The molecule has 2 heterocycles. The Morgan fingerprint density at radius 1 is 1.48 bits per heavy atom. The first-order valence-electron chi connectivity index (χ1n) is 8.31. The molecular weight excluding hydrogens is 323 g/mol. The van der Waals surface area contributed by atoms with Gasteiger partial charge in [0.2, 0.25) is 5.91 Å². The van der Waals surface area contributed by atoms with Gasteiger partial charge in [-0.15, -0.1) is 0 Å². The zero-order valence-electron chi connectivity index (χ0n) is 14.5. The van der Waals surface area contributed by atoms with Crippen molar-refractivity contribution in [1.29, 1.82) is 0 Å². The van der Waals surface area contributed by atoms with E-state index in [4.69, 9.17) is 10.5 Å². The van der Waals surface area contributed by atoms with E-state index in [1.54, 1.807) is 23.9 Å². The third-order valence-corrected chi connectivity index (χ3v) is 4.90. The van der Waals surface area contributed by atoms with E-state index in [0.717, 1.165) is 24.2 Å². The van der Waals surface area contributed by atoms with Crippen LogP contribution in [0.1, 0.15) is 24.1 Å². The number of ether oxygens (including phenoxy) is 1. The molecule has 0 bridgehead atoms. The van der Waals surface area contributed by atoms with Gasteiger partial charge in [-0.2, -0.15) is 5.10 Å². The Kier molecular flexibility index (Phi) is 4.87. The lowest BCUT2D eigenvalue weighted by molar-refractivity contribution is -0.132. The number of carbonyl (C=O) groups is 1. The summed E-state index contributed by atoms with van der Waals surface area (Å²) in [6.45, 7) is 3.51. The van der Waals surface area contributed by atoms with Crippen molar-refractivity contribution in [3.8, 4) is 5.69 Å². The fourth-order valence-corrected chi connectivity index (χ4v) is 3.52. The molecule has 2 aromatic rings. The lowest BCUT2D eigenvalue weighted by Crippen LogP contribution is -2.56. The van der Waals surface area contributed by atoms with Crippen LogP contribution in [0, 0.1) is 12.7 Å². The van der Waals surface area contributed by atoms with E-state index in [2.05, 4.69) is 10.00 Å². The van der Waals surface area contributed by atoms with E-state index in [1.807, 2.05) is 13.1 Å². The highest BCUT2D eigenvalue weighted by atomic mass is 19.1. The lowest BCUT2D eigenvalue weighted by Gasteiger charge is -2.35. The van der Waals surface area contributed by atoms with Gasteiger partial charge in [0.1, 0.15) is 11.4 Å². The molecule has 1 amide bonds. The number of amides is 1. The van der Waals surface area contributed by atoms with Gasteiger partial charge >= 0.3 is 0 Å². The van der Waals surface area contributed by atoms with Crippen LogP contribution in [0.3, 0.4) is 0 Å². The van der Waals surface area contributed by atoms with Gasteiger partial charge in [0.15, 0.2) is 0 Å². The smallest absolute Gasteiger partial charge is 0.240 e. The minimum atomic E-state index is -0.776. The van der Waals surface area contributed by atoms with Gasteiger partial charge in [-0.1, -0.05) is 6.07 Å². The largest absolute Gasteiger partial charge is 0.382 e. The van der Waals surface area contributed by atoms with Crippen molar-refractivity contribution in [2.75, 3.05) is 20.3 Å². The number of hydrogen-bond acceptors (Lipinski definition) is 4. The first-order valence-corrected chi connectivity index (χ1v) is 8.31. The number of halogens is 1. The summed E-state index contributed by atoms with van der Waals surface area (Å²) >= 11 is 0. The summed E-state index contributed by atoms with van der Waals surface area (Å²) in [5.41, 5.74) is 7.40. The fraction of sp³-hybridized carbons (Fsp3) is 0.444. The molecule has 6 nitrogen and oxygen atoms in total. The Bertz CT molecular complexity index is 776. The number of rotatable bonds is 6. The quantitative estimate of drug-likeness (QED) is 0.865. The number of nitrogens with two attached hydrogens (primary N) is 1. The van der Waals surface area contributed by atoms with Gasteiger partial charge in [-0.3, -0.25) is 9.69 Å². The maximum absolute atomic E-state index is 13.4. The maximum atomic E-state index is 13.4. The van der Waals surface area contributed by atoms with Crippen molar-refractivity contribution in [3.63, 3.8) is 0 Å². The van der Waals surface area contributed by atoms with Gasteiger partial charge in [0.05, 0.1) is 18.0 Å². The summed E-state index contributed by atoms with van der Waals surface area (Å²) in [6.07, 6.45) is 3.46. The predicted octanol–water partition coefficient (Wildman–Crippen LogP) is 1.79. The Labute approximate surface area is 146 Å². The summed E-state index contributed by atoms with van der Waals surface area (Å²) in [5.74, 6) is -0.665. The van der Waals surface area contributed by atoms with Crippen LogP contribution in [0.5, 0.6) is 0 Å². The number of aryl methyl sites for hydroxylation is 1. The molecule has 0 spiro atoms. The molecular formula is C18H23FN4O2. The lowest BCUT2D eigenvalue weighted by atomic mass is 9.96. The molecule has 1 aromatic carbocycles. The van der Waals surface area contributed by atoms with Crippen LogP contribution in [0.25, 0.3) is 5.69 Å². The third-order valence-electron chi connectivity index (χ3n) is 4.90. The second kappa shape index (κ2) is 6.93. The van der Waals surface area contributed by atoms with Crippen molar-refractivity contribution in [1.82, 2.24) is 14.7 Å². The molecule has 1 fully saturated rings. The molecule has 1 aromatic heterocycles. The second-order valence-electron chi connectivity index (χ2n) is 6.52. The summed E-state index contributed by atoms with van der Waals surface area (Å²) in [4.78, 5) is 14.2. The first kappa shape index (κ1) is 17.6. The van der Waals surface area contributed by atoms with Crippen LogP contribution in [0.15, 0.2) is 30.5 Å². The zero-order chi connectivity index (χ0) is 18.0. The Hall–Kier alpha value is -2.25. The summed E-state index contributed by atoms with van der Waals surface area (Å²) in [5, 5.41) is 4.48. The number of likely N-dealkylation sites (tertiary alicyclic amines) is 1. The molecule has 0 aliphatic carbocycles. The minimum absolute atomic E-state index is 0.277. The zero-order valence-corrected chi connectivity index (χ0v) is 14.5. The number of primary amides is 1. The van der Waals surface area contributed by atoms with Crippen LogP contribution in [0.4, 0.5) is 4.39 Å². The Morgan fingerprint density at radius 3 is 2.96 bits per heavy atom. The molecule has 1 aliphatic rings. The number of benzene rings is 1. The van der Waals surface area contributed by atoms with Crippen LogP contribution < -0.4 is 5.73 Å². The molecule has 2 N–H and O–H groups in total. The molecule has 134 valence electrons. The van der Waals surface area contributed by atoms with Crippen molar-refractivity contribution in [2.24, 2.45) is 5.73 Å². The molecule has 1 aliphatic heterocycles. The molecule has 0 saturated carbocycles. The van der Waals surface area contributed by atoms with Crippen molar-refractivity contribution in [3.05, 3.63) is 47.5 Å². The number of methoxy groups -OCH3 is 1. The SMILES string of the molecule is COCC1(C(N)=O)CCCN1Cc1cn(-c2cccc(F)c2)nc1C. The highest BCUT2D eigenvalue weighted by Gasteiger charge is 2.46. The van der Waals surface area contributed by atoms with Crippen molar-refractivity contribution < 1.29 is 13.9 Å². The van der Waals surface area contributed by atoms with E-state index in [-0.39, 0.29) is 18.3 Å². The van der Waals surface area contributed by atoms with Crippen LogP contribution >= 0.6 is 0 Å². The van der Waals surface area contributed by atoms with Crippen LogP contribution in [0.2, 0.25) is 0 Å². The molecule has 1 saturated heterocycles. The number of nitrogens with zero attached hydrogens (tertiary/aromatic N) is 3. The number of carbonyl (C=O) groups excluding carboxylic acids is 1. The van der Waals surface area contributed by atoms with Gasteiger partial charge in [-0.05, 0) is 44.5 Å². The second-order valence-corrected chi connectivity index (χ2v) is 6.52. The number of hydrogen-bond donors (Lipinski definition) is 1. The average molecular weight is 346 g/mol. The summed E-state index contributed by atoms with van der Waals surface area (Å²) < 4.78 is 20.4. The standard InChI is InChI=1S/C18H23FN4O2/c1-13-14(11-23(21-13)16-6-3-5-15(19)9-16)10-22-8-4-7-18(22,12-25-2)17(20)24/h3,5-6,9,11H,4,7-8,10,12H2,1-2H3,(H2,20,24). The maximum Gasteiger partial charge on any atom is 0.240 e. The van der Waals surface area contributed by atoms with Gasteiger partial charge < -0.3 is 10.5 Å². The van der Waals surface area contributed by atoms with Gasteiger partial charge in [0, 0.05) is 25.4 Å². The number of aromatic nitrogens is 2. The molecule has 1 atom stereocenters. The van der Waals surface area contributed by atoms with E-state index in [0.29, 0.717) is 18.7 Å². The minimum Gasteiger partial charge on any atom is -0.382 e. The van der Waals surface area contributed by atoms with Gasteiger partial charge in [-0.25, -0.2) is 9.07 Å². The molecule has 25 heavy (non-hydrogen) atoms. The predicted molar refractivity (Wildman–Crippen MR) is 91.7 cm³/mol. The molecule has 3 rings (SSSR count). The highest BCUT2D eigenvalue weighted by Crippen LogP contribution is 2.31.